The Labute approximate surface area is 201 Å². The van der Waals surface area contributed by atoms with Crippen LogP contribution < -0.4 is 9.80 Å². The molecule has 0 radical (unpaired) electrons. The molecule has 7 heteroatoms. The van der Waals surface area contributed by atoms with Crippen LogP contribution in [0.5, 0.6) is 0 Å². The van der Waals surface area contributed by atoms with Gasteiger partial charge in [0.05, 0.1) is 12.3 Å². The maximum atomic E-state index is 14.7. The molecular formula is C27H35FN2O4. The summed E-state index contributed by atoms with van der Waals surface area (Å²) in [6, 6.07) is 11.1. The molecular weight excluding hydrogens is 435 g/mol. The van der Waals surface area contributed by atoms with Gasteiger partial charge in [0.15, 0.2) is 0 Å². The van der Waals surface area contributed by atoms with Gasteiger partial charge in [0, 0.05) is 32.2 Å². The van der Waals surface area contributed by atoms with E-state index in [1.54, 1.807) is 17.9 Å². The number of hydrogen-bond donors (Lipinski definition) is 0. The number of esters is 1. The molecule has 1 amide bonds. The van der Waals surface area contributed by atoms with E-state index in [0.717, 1.165) is 35.3 Å². The molecule has 0 spiro atoms. The van der Waals surface area contributed by atoms with Gasteiger partial charge in [0.1, 0.15) is 11.4 Å². The van der Waals surface area contributed by atoms with Crippen LogP contribution in [-0.4, -0.2) is 37.9 Å². The molecule has 1 aliphatic rings. The summed E-state index contributed by atoms with van der Waals surface area (Å²) >= 11 is 0. The van der Waals surface area contributed by atoms with E-state index in [2.05, 4.69) is 6.07 Å². The van der Waals surface area contributed by atoms with Gasteiger partial charge in [-0.25, -0.2) is 9.18 Å². The molecule has 34 heavy (non-hydrogen) atoms. The number of amides is 1. The van der Waals surface area contributed by atoms with Crippen LogP contribution in [-0.2, 0) is 33.7 Å². The van der Waals surface area contributed by atoms with E-state index in [-0.39, 0.29) is 24.3 Å². The number of carbonyl (C=O) groups is 2. The summed E-state index contributed by atoms with van der Waals surface area (Å²) in [7, 11) is 1.92. The summed E-state index contributed by atoms with van der Waals surface area (Å²) < 4.78 is 25.2. The second kappa shape index (κ2) is 10.9. The first kappa shape index (κ1) is 25.5. The molecule has 1 aliphatic heterocycles. The number of nitrogens with zero attached hydrogens (tertiary/aromatic N) is 2. The first-order chi connectivity index (χ1) is 16.1. The van der Waals surface area contributed by atoms with Gasteiger partial charge < -0.3 is 14.4 Å². The van der Waals surface area contributed by atoms with E-state index in [1.807, 2.05) is 50.9 Å². The number of anilines is 2. The number of hydrogen-bond acceptors (Lipinski definition) is 5. The molecule has 2 aromatic carbocycles. The molecule has 6 nitrogen and oxygen atoms in total. The zero-order valence-electron chi connectivity index (χ0n) is 20.8. The van der Waals surface area contributed by atoms with E-state index in [4.69, 9.17) is 9.47 Å². The summed E-state index contributed by atoms with van der Waals surface area (Å²) in [5.74, 6) is -0.655. The summed E-state index contributed by atoms with van der Waals surface area (Å²) in [6.07, 6.45) is 1.86. The van der Waals surface area contributed by atoms with Crippen molar-refractivity contribution in [2.75, 3.05) is 30.0 Å². The van der Waals surface area contributed by atoms with Crippen molar-refractivity contribution in [3.63, 3.8) is 0 Å². The zero-order valence-corrected chi connectivity index (χ0v) is 20.8. The van der Waals surface area contributed by atoms with Crippen LogP contribution in [0, 0.1) is 5.82 Å². The van der Waals surface area contributed by atoms with Crippen LogP contribution in [0.3, 0.4) is 0 Å². The quantitative estimate of drug-likeness (QED) is 0.490. The van der Waals surface area contributed by atoms with Crippen molar-refractivity contribution in [1.82, 2.24) is 0 Å². The molecule has 0 fully saturated rings. The fraction of sp³-hybridized carbons (Fsp3) is 0.481. The molecule has 1 heterocycles. The average molecular weight is 471 g/mol. The standard InChI is InChI=1S/C27H35FN2O4/c1-6-33-25(31)15-13-19-12-14-21(17-23(19)28)29(5)18-20-9-7-11-24-22(20)10-8-16-30(24)26(32)34-27(2,3)4/h7,9,11-12,14,17H,6,8,10,13,15-16,18H2,1-5H3. The first-order valence-corrected chi connectivity index (χ1v) is 11.9. The third-order valence-corrected chi connectivity index (χ3v) is 5.75. The molecule has 0 atom stereocenters. The van der Waals surface area contributed by atoms with Crippen LogP contribution in [0.25, 0.3) is 0 Å². The molecule has 0 unspecified atom stereocenters. The lowest BCUT2D eigenvalue weighted by atomic mass is 9.96. The van der Waals surface area contributed by atoms with E-state index >= 15 is 0 Å². The fourth-order valence-electron chi connectivity index (χ4n) is 4.14. The molecule has 0 aliphatic carbocycles. The Morgan fingerprint density at radius 1 is 1.15 bits per heavy atom. The van der Waals surface area contributed by atoms with Crippen LogP contribution in [0.15, 0.2) is 36.4 Å². The Bertz CT molecular complexity index is 1030. The predicted octanol–water partition coefficient (Wildman–Crippen LogP) is 5.65. The van der Waals surface area contributed by atoms with Gasteiger partial charge >= 0.3 is 12.1 Å². The number of carbonyl (C=O) groups excluding carboxylic acids is 2. The molecule has 184 valence electrons. The van der Waals surface area contributed by atoms with E-state index in [0.29, 0.717) is 31.7 Å². The van der Waals surface area contributed by atoms with Gasteiger partial charge in [-0.05, 0) is 81.8 Å². The van der Waals surface area contributed by atoms with Crippen molar-refractivity contribution in [2.45, 2.75) is 65.5 Å². The number of fused-ring (bicyclic) bond motifs is 1. The number of ether oxygens (including phenoxy) is 2. The lowest BCUT2D eigenvalue weighted by Gasteiger charge is -2.33. The van der Waals surface area contributed by atoms with Gasteiger partial charge in [-0.3, -0.25) is 9.69 Å². The molecule has 0 aromatic heterocycles. The smallest absolute Gasteiger partial charge is 0.414 e. The second-order valence-electron chi connectivity index (χ2n) is 9.59. The van der Waals surface area contributed by atoms with Gasteiger partial charge in [-0.1, -0.05) is 18.2 Å². The van der Waals surface area contributed by atoms with Gasteiger partial charge in [0.25, 0.3) is 0 Å². The highest BCUT2D eigenvalue weighted by molar-refractivity contribution is 5.89. The minimum atomic E-state index is -0.556. The summed E-state index contributed by atoms with van der Waals surface area (Å²) in [6.45, 7) is 8.87. The molecule has 0 bridgehead atoms. The molecule has 0 saturated heterocycles. The van der Waals surface area contributed by atoms with Crippen LogP contribution in [0.1, 0.15) is 57.2 Å². The van der Waals surface area contributed by atoms with Gasteiger partial charge in [-0.2, -0.15) is 0 Å². The minimum absolute atomic E-state index is 0.157. The Morgan fingerprint density at radius 3 is 2.59 bits per heavy atom. The molecule has 0 N–H and O–H groups in total. The number of benzene rings is 2. The molecule has 2 aromatic rings. The number of aryl methyl sites for hydroxylation is 1. The maximum Gasteiger partial charge on any atom is 0.414 e. The summed E-state index contributed by atoms with van der Waals surface area (Å²) in [4.78, 5) is 28.0. The van der Waals surface area contributed by atoms with Crippen LogP contribution >= 0.6 is 0 Å². The number of halogens is 1. The van der Waals surface area contributed by atoms with Crippen LogP contribution in [0.4, 0.5) is 20.6 Å². The van der Waals surface area contributed by atoms with Crippen molar-refractivity contribution in [3.8, 4) is 0 Å². The maximum absolute atomic E-state index is 14.7. The van der Waals surface area contributed by atoms with E-state index < -0.39 is 5.60 Å². The largest absolute Gasteiger partial charge is 0.466 e. The Kier molecular flexibility index (Phi) is 8.18. The highest BCUT2D eigenvalue weighted by atomic mass is 19.1. The second-order valence-corrected chi connectivity index (χ2v) is 9.59. The highest BCUT2D eigenvalue weighted by Gasteiger charge is 2.28. The Hall–Kier alpha value is -3.09. The van der Waals surface area contributed by atoms with Crippen molar-refractivity contribution in [2.24, 2.45) is 0 Å². The Morgan fingerprint density at radius 2 is 1.91 bits per heavy atom. The summed E-state index contributed by atoms with van der Waals surface area (Å²) in [5.41, 5.74) is 3.79. The lowest BCUT2D eigenvalue weighted by Crippen LogP contribution is -2.40. The van der Waals surface area contributed by atoms with Gasteiger partial charge in [0.2, 0.25) is 0 Å². The molecule has 0 saturated carbocycles. The summed E-state index contributed by atoms with van der Waals surface area (Å²) in [5, 5.41) is 0. The molecule has 3 rings (SSSR count). The Balaban J connectivity index is 1.74. The third kappa shape index (κ3) is 6.49. The highest BCUT2D eigenvalue weighted by Crippen LogP contribution is 2.32. The van der Waals surface area contributed by atoms with Crippen molar-refractivity contribution in [3.05, 3.63) is 58.9 Å². The monoisotopic (exact) mass is 470 g/mol. The van der Waals surface area contributed by atoms with Crippen molar-refractivity contribution in [1.29, 1.82) is 0 Å². The van der Waals surface area contributed by atoms with Crippen molar-refractivity contribution < 1.29 is 23.5 Å². The normalized spacial score (nSPS) is 13.3. The van der Waals surface area contributed by atoms with Crippen LogP contribution in [0.2, 0.25) is 0 Å². The average Bonchev–Trinajstić information content (AvgIpc) is 2.77. The number of rotatable bonds is 7. The first-order valence-electron chi connectivity index (χ1n) is 11.9. The van der Waals surface area contributed by atoms with Gasteiger partial charge in [-0.15, -0.1) is 0 Å². The fourth-order valence-corrected chi connectivity index (χ4v) is 4.14. The zero-order chi connectivity index (χ0) is 24.9. The lowest BCUT2D eigenvalue weighted by molar-refractivity contribution is -0.143. The van der Waals surface area contributed by atoms with E-state index in [1.165, 1.54) is 6.07 Å². The topological polar surface area (TPSA) is 59.1 Å². The predicted molar refractivity (Wildman–Crippen MR) is 132 cm³/mol. The SMILES string of the molecule is CCOC(=O)CCc1ccc(N(C)Cc2cccc3c2CCCN3C(=O)OC(C)(C)C)cc1F. The third-order valence-electron chi connectivity index (χ3n) is 5.75. The van der Waals surface area contributed by atoms with Crippen molar-refractivity contribution >= 4 is 23.4 Å². The minimum Gasteiger partial charge on any atom is -0.466 e. The van der Waals surface area contributed by atoms with E-state index in [9.17, 15) is 14.0 Å².